The van der Waals surface area contributed by atoms with Crippen molar-refractivity contribution >= 4 is 11.8 Å². The summed E-state index contributed by atoms with van der Waals surface area (Å²) in [5.41, 5.74) is -0.875. The molecule has 1 aliphatic rings. The van der Waals surface area contributed by atoms with Gasteiger partial charge in [-0.25, -0.2) is 4.79 Å². The fourth-order valence-electron chi connectivity index (χ4n) is 1.79. The van der Waals surface area contributed by atoms with E-state index in [4.69, 9.17) is 4.74 Å². The number of anilines is 1. The molecule has 0 aliphatic heterocycles. The topological polar surface area (TPSA) is 84.3 Å². The number of aliphatic carboxylic acids is 1. The Kier molecular flexibility index (Phi) is 3.12. The van der Waals surface area contributed by atoms with E-state index >= 15 is 0 Å². The standard InChI is InChI=1S/C11H15N3O3/c1-2-17-9-7-12-6-8(13-9)14-11(10(15)16)4-3-5-11/h6-7H,2-5H2,1H3,(H,13,14)(H,15,16). The Morgan fingerprint density at radius 1 is 1.59 bits per heavy atom. The molecule has 0 unspecified atom stereocenters. The molecular formula is C11H15N3O3. The van der Waals surface area contributed by atoms with Crippen molar-refractivity contribution in [1.29, 1.82) is 0 Å². The number of rotatable bonds is 5. The van der Waals surface area contributed by atoms with Gasteiger partial charge in [0, 0.05) is 0 Å². The molecule has 0 spiro atoms. The third-order valence-electron chi connectivity index (χ3n) is 2.89. The van der Waals surface area contributed by atoms with E-state index in [-0.39, 0.29) is 0 Å². The number of hydrogen-bond acceptors (Lipinski definition) is 5. The van der Waals surface area contributed by atoms with Crippen molar-refractivity contribution in [3.63, 3.8) is 0 Å². The van der Waals surface area contributed by atoms with Crippen molar-refractivity contribution in [3.8, 4) is 5.88 Å². The summed E-state index contributed by atoms with van der Waals surface area (Å²) in [7, 11) is 0. The Bertz CT molecular complexity index is 418. The normalized spacial score (nSPS) is 17.0. The molecule has 1 saturated carbocycles. The summed E-state index contributed by atoms with van der Waals surface area (Å²) in [5.74, 6) is 0.00257. The maximum atomic E-state index is 11.2. The molecule has 0 bridgehead atoms. The minimum atomic E-state index is -0.875. The molecule has 1 aromatic rings. The van der Waals surface area contributed by atoms with E-state index in [1.807, 2.05) is 6.92 Å². The van der Waals surface area contributed by atoms with Crippen LogP contribution in [0.3, 0.4) is 0 Å². The fraction of sp³-hybridized carbons (Fsp3) is 0.545. The molecule has 2 N–H and O–H groups in total. The van der Waals surface area contributed by atoms with Gasteiger partial charge in [0.15, 0.2) is 0 Å². The Hall–Kier alpha value is -1.85. The average Bonchev–Trinajstić information content (AvgIpc) is 2.24. The molecule has 6 nitrogen and oxygen atoms in total. The first-order valence-corrected chi connectivity index (χ1v) is 5.63. The summed E-state index contributed by atoms with van der Waals surface area (Å²) in [6.45, 7) is 2.36. The lowest BCUT2D eigenvalue weighted by Gasteiger charge is -2.38. The highest BCUT2D eigenvalue weighted by Crippen LogP contribution is 2.35. The number of carboxylic acids is 1. The van der Waals surface area contributed by atoms with E-state index in [1.54, 1.807) is 0 Å². The zero-order chi connectivity index (χ0) is 12.3. The van der Waals surface area contributed by atoms with Gasteiger partial charge < -0.3 is 15.2 Å². The van der Waals surface area contributed by atoms with Crippen LogP contribution in [-0.2, 0) is 4.79 Å². The summed E-state index contributed by atoms with van der Waals surface area (Å²) in [6.07, 6.45) is 5.15. The van der Waals surface area contributed by atoms with Crippen LogP contribution >= 0.6 is 0 Å². The summed E-state index contributed by atoms with van der Waals surface area (Å²) in [6, 6.07) is 0. The van der Waals surface area contributed by atoms with E-state index in [9.17, 15) is 9.90 Å². The van der Waals surface area contributed by atoms with Crippen LogP contribution in [0.25, 0.3) is 0 Å². The molecule has 1 fully saturated rings. The number of hydrogen-bond donors (Lipinski definition) is 2. The average molecular weight is 237 g/mol. The summed E-state index contributed by atoms with van der Waals surface area (Å²) in [4.78, 5) is 19.3. The SMILES string of the molecule is CCOc1cncc(NC2(C(=O)O)CCC2)n1. The monoisotopic (exact) mass is 237 g/mol. The van der Waals surface area contributed by atoms with Gasteiger partial charge >= 0.3 is 5.97 Å². The first-order valence-electron chi connectivity index (χ1n) is 5.63. The van der Waals surface area contributed by atoms with Crippen molar-refractivity contribution in [1.82, 2.24) is 9.97 Å². The van der Waals surface area contributed by atoms with Gasteiger partial charge in [0.05, 0.1) is 19.0 Å². The highest BCUT2D eigenvalue weighted by atomic mass is 16.5. The second-order valence-electron chi connectivity index (χ2n) is 4.04. The molecule has 17 heavy (non-hydrogen) atoms. The Morgan fingerprint density at radius 2 is 2.35 bits per heavy atom. The predicted octanol–water partition coefficient (Wildman–Crippen LogP) is 1.29. The Labute approximate surface area is 99.0 Å². The lowest BCUT2D eigenvalue weighted by molar-refractivity contribution is -0.145. The molecule has 6 heteroatoms. The summed E-state index contributed by atoms with van der Waals surface area (Å²) in [5, 5.41) is 12.1. The molecule has 0 radical (unpaired) electrons. The van der Waals surface area contributed by atoms with Gasteiger partial charge in [0.2, 0.25) is 5.88 Å². The van der Waals surface area contributed by atoms with E-state index < -0.39 is 11.5 Å². The third kappa shape index (κ3) is 2.30. The lowest BCUT2D eigenvalue weighted by Crippen LogP contribution is -2.52. The van der Waals surface area contributed by atoms with Crippen LogP contribution in [0.2, 0.25) is 0 Å². The third-order valence-corrected chi connectivity index (χ3v) is 2.89. The van der Waals surface area contributed by atoms with Crippen molar-refractivity contribution in [2.45, 2.75) is 31.7 Å². The minimum Gasteiger partial charge on any atom is -0.480 e. The maximum Gasteiger partial charge on any atom is 0.329 e. The molecular weight excluding hydrogens is 222 g/mol. The zero-order valence-corrected chi connectivity index (χ0v) is 9.64. The molecule has 2 rings (SSSR count). The molecule has 1 aromatic heterocycles. The van der Waals surface area contributed by atoms with Gasteiger partial charge in [-0.05, 0) is 26.2 Å². The molecule has 1 heterocycles. The van der Waals surface area contributed by atoms with Gasteiger partial charge in [0.1, 0.15) is 11.4 Å². The minimum absolute atomic E-state index is 0.400. The van der Waals surface area contributed by atoms with Crippen LogP contribution < -0.4 is 10.1 Å². The van der Waals surface area contributed by atoms with Gasteiger partial charge in [-0.3, -0.25) is 4.98 Å². The first kappa shape index (κ1) is 11.6. The van der Waals surface area contributed by atoms with Gasteiger partial charge in [-0.2, -0.15) is 4.98 Å². The second kappa shape index (κ2) is 4.57. The van der Waals surface area contributed by atoms with Crippen molar-refractivity contribution in [2.24, 2.45) is 0 Å². The Balaban J connectivity index is 2.12. The molecule has 0 aromatic carbocycles. The smallest absolute Gasteiger partial charge is 0.329 e. The highest BCUT2D eigenvalue weighted by Gasteiger charge is 2.44. The molecule has 1 aliphatic carbocycles. The van der Waals surface area contributed by atoms with Gasteiger partial charge in [-0.1, -0.05) is 0 Å². The second-order valence-corrected chi connectivity index (χ2v) is 4.04. The first-order chi connectivity index (χ1) is 8.16. The van der Waals surface area contributed by atoms with Crippen LogP contribution in [0.15, 0.2) is 12.4 Å². The zero-order valence-electron chi connectivity index (χ0n) is 9.64. The molecule has 92 valence electrons. The fourth-order valence-corrected chi connectivity index (χ4v) is 1.79. The van der Waals surface area contributed by atoms with Gasteiger partial charge in [-0.15, -0.1) is 0 Å². The van der Waals surface area contributed by atoms with Crippen molar-refractivity contribution in [3.05, 3.63) is 12.4 Å². The van der Waals surface area contributed by atoms with E-state index in [0.717, 1.165) is 6.42 Å². The maximum absolute atomic E-state index is 11.2. The summed E-state index contributed by atoms with van der Waals surface area (Å²) >= 11 is 0. The van der Waals surface area contributed by atoms with Crippen LogP contribution in [0, 0.1) is 0 Å². The number of aromatic nitrogens is 2. The quantitative estimate of drug-likeness (QED) is 0.802. The number of carboxylic acid groups (broad SMARTS) is 1. The van der Waals surface area contributed by atoms with E-state index in [2.05, 4.69) is 15.3 Å². The molecule has 0 atom stereocenters. The van der Waals surface area contributed by atoms with E-state index in [1.165, 1.54) is 12.4 Å². The largest absolute Gasteiger partial charge is 0.480 e. The van der Waals surface area contributed by atoms with Crippen molar-refractivity contribution in [2.75, 3.05) is 11.9 Å². The van der Waals surface area contributed by atoms with E-state index in [0.29, 0.717) is 31.1 Å². The van der Waals surface area contributed by atoms with Crippen molar-refractivity contribution < 1.29 is 14.6 Å². The van der Waals surface area contributed by atoms with Crippen LogP contribution in [-0.4, -0.2) is 33.2 Å². The number of nitrogens with zero attached hydrogens (tertiary/aromatic N) is 2. The number of nitrogens with one attached hydrogen (secondary N) is 1. The van der Waals surface area contributed by atoms with Crippen LogP contribution in [0.1, 0.15) is 26.2 Å². The van der Waals surface area contributed by atoms with Crippen LogP contribution in [0.4, 0.5) is 5.82 Å². The van der Waals surface area contributed by atoms with Gasteiger partial charge in [0.25, 0.3) is 0 Å². The highest BCUT2D eigenvalue weighted by molar-refractivity contribution is 5.83. The molecule has 0 amide bonds. The van der Waals surface area contributed by atoms with Crippen LogP contribution in [0.5, 0.6) is 5.88 Å². The predicted molar refractivity (Wildman–Crippen MR) is 61.0 cm³/mol. The molecule has 0 saturated heterocycles. The summed E-state index contributed by atoms with van der Waals surface area (Å²) < 4.78 is 5.21. The Morgan fingerprint density at radius 3 is 2.88 bits per heavy atom. The number of ether oxygens (including phenoxy) is 1. The lowest BCUT2D eigenvalue weighted by atomic mass is 9.77. The number of carbonyl (C=O) groups is 1.